The predicted molar refractivity (Wildman–Crippen MR) is 135 cm³/mol. The first-order valence-electron chi connectivity index (χ1n) is 10.8. The van der Waals surface area contributed by atoms with E-state index in [0.717, 1.165) is 10.9 Å². The molecule has 0 saturated carbocycles. The fraction of sp³-hybridized carbons (Fsp3) is 0.200. The normalized spacial score (nSPS) is 10.5. The smallest absolute Gasteiger partial charge is 0.305 e. The molecular weight excluding hydrogens is 512 g/mol. The highest BCUT2D eigenvalue weighted by Gasteiger charge is 2.25. The number of halogens is 3. The number of carbonyl (C=O) groups is 2. The summed E-state index contributed by atoms with van der Waals surface area (Å²) >= 11 is 11.7. The van der Waals surface area contributed by atoms with Gasteiger partial charge in [-0.2, -0.15) is 0 Å². The summed E-state index contributed by atoms with van der Waals surface area (Å²) in [5.41, 5.74) is 0.735. The van der Waals surface area contributed by atoms with Crippen molar-refractivity contribution in [3.63, 3.8) is 0 Å². The highest BCUT2D eigenvalue weighted by Crippen LogP contribution is 2.33. The first kappa shape index (κ1) is 26.9. The third kappa shape index (κ3) is 6.50. The summed E-state index contributed by atoms with van der Waals surface area (Å²) in [5.74, 6) is -1.19. The lowest BCUT2D eigenvalue weighted by Crippen LogP contribution is -2.25. The molecule has 36 heavy (non-hydrogen) atoms. The lowest BCUT2D eigenvalue weighted by molar-refractivity contribution is -0.140. The quantitative estimate of drug-likeness (QED) is 0.256. The van der Waals surface area contributed by atoms with Crippen LogP contribution in [0.1, 0.15) is 29.0 Å². The van der Waals surface area contributed by atoms with Crippen molar-refractivity contribution in [2.75, 3.05) is 13.7 Å². The van der Waals surface area contributed by atoms with Crippen LogP contribution in [0.15, 0.2) is 57.8 Å². The number of amides is 1. The molecule has 2 aromatic carbocycles. The van der Waals surface area contributed by atoms with Crippen LogP contribution in [0.5, 0.6) is 0 Å². The lowest BCUT2D eigenvalue weighted by atomic mass is 10.0. The molecule has 2 N–H and O–H groups in total. The zero-order chi connectivity index (χ0) is 26.2. The van der Waals surface area contributed by atoms with E-state index in [2.05, 4.69) is 20.2 Å². The SMILES string of the molecule is COC(=O)CCCNC(=O)c1c(-c2c(F)cccc2Cl)noc1C.O=c1[nH]c2ccccc2cc1Cl. The molecule has 0 aliphatic rings. The maximum absolute atomic E-state index is 14.1. The van der Waals surface area contributed by atoms with Crippen LogP contribution >= 0.6 is 23.2 Å². The molecule has 0 atom stereocenters. The molecule has 0 bridgehead atoms. The summed E-state index contributed by atoms with van der Waals surface area (Å²) in [6.07, 6.45) is 0.601. The van der Waals surface area contributed by atoms with Gasteiger partial charge in [-0.05, 0) is 43.0 Å². The summed E-state index contributed by atoms with van der Waals surface area (Å²) in [4.78, 5) is 37.1. The number of benzene rings is 2. The topological polar surface area (TPSA) is 114 Å². The van der Waals surface area contributed by atoms with Crippen molar-refractivity contribution >= 4 is 46.0 Å². The van der Waals surface area contributed by atoms with E-state index < -0.39 is 11.7 Å². The first-order chi connectivity index (χ1) is 17.2. The Bertz CT molecular complexity index is 1430. The number of para-hydroxylation sites is 1. The number of hydrogen-bond donors (Lipinski definition) is 2. The lowest BCUT2D eigenvalue weighted by Gasteiger charge is -2.07. The van der Waals surface area contributed by atoms with Gasteiger partial charge in [-0.15, -0.1) is 0 Å². The van der Waals surface area contributed by atoms with Crippen LogP contribution in [-0.2, 0) is 9.53 Å². The largest absolute Gasteiger partial charge is 0.469 e. The van der Waals surface area contributed by atoms with Gasteiger partial charge >= 0.3 is 5.97 Å². The Morgan fingerprint density at radius 3 is 2.61 bits per heavy atom. The van der Waals surface area contributed by atoms with Crippen LogP contribution in [-0.4, -0.2) is 35.7 Å². The molecule has 4 aromatic rings. The number of aromatic amines is 1. The number of pyridine rings is 1. The van der Waals surface area contributed by atoms with Gasteiger partial charge in [0.2, 0.25) is 0 Å². The van der Waals surface area contributed by atoms with Crippen LogP contribution in [0.3, 0.4) is 0 Å². The molecule has 0 saturated heterocycles. The average molecular weight is 534 g/mol. The van der Waals surface area contributed by atoms with Crippen LogP contribution in [0.25, 0.3) is 22.2 Å². The summed E-state index contributed by atoms with van der Waals surface area (Å²) in [5, 5.41) is 7.71. The van der Waals surface area contributed by atoms with Gasteiger partial charge in [0.15, 0.2) is 0 Å². The maximum Gasteiger partial charge on any atom is 0.305 e. The molecular formula is C25H22Cl2FN3O5. The molecule has 2 heterocycles. The highest BCUT2D eigenvalue weighted by molar-refractivity contribution is 6.33. The van der Waals surface area contributed by atoms with Crippen molar-refractivity contribution in [1.29, 1.82) is 0 Å². The number of fused-ring (bicyclic) bond motifs is 1. The highest BCUT2D eigenvalue weighted by atomic mass is 35.5. The molecule has 0 fully saturated rings. The zero-order valence-corrected chi connectivity index (χ0v) is 20.9. The number of hydrogen-bond acceptors (Lipinski definition) is 6. The van der Waals surface area contributed by atoms with Crippen molar-refractivity contribution in [1.82, 2.24) is 15.5 Å². The van der Waals surface area contributed by atoms with E-state index in [4.69, 9.17) is 27.7 Å². The van der Waals surface area contributed by atoms with Crippen molar-refractivity contribution in [2.24, 2.45) is 0 Å². The monoisotopic (exact) mass is 533 g/mol. The molecule has 0 unspecified atom stereocenters. The number of nitrogens with one attached hydrogen (secondary N) is 2. The van der Waals surface area contributed by atoms with Gasteiger partial charge < -0.3 is 19.6 Å². The van der Waals surface area contributed by atoms with E-state index in [9.17, 15) is 18.8 Å². The number of methoxy groups -OCH3 is 1. The summed E-state index contributed by atoms with van der Waals surface area (Å²) in [6.45, 7) is 1.80. The maximum atomic E-state index is 14.1. The standard InChI is InChI=1S/C16H16ClFN2O4.C9H6ClNO/c1-9-13(16(22)19-8-4-7-12(21)23-2)15(20-24-9)14-10(17)5-3-6-11(14)18;10-7-5-6-3-1-2-4-8(6)11-9(7)12/h3,5-6H,4,7-8H2,1-2H3,(H,19,22);1-5H,(H,11,12). The molecule has 0 spiro atoms. The average Bonchev–Trinajstić information content (AvgIpc) is 3.23. The third-order valence-corrected chi connectivity index (χ3v) is 5.66. The minimum atomic E-state index is -0.601. The van der Waals surface area contributed by atoms with E-state index in [0.29, 0.717) is 6.42 Å². The van der Waals surface area contributed by atoms with Gasteiger partial charge in [0.1, 0.15) is 27.9 Å². The number of ether oxygens (including phenoxy) is 1. The van der Waals surface area contributed by atoms with Crippen LogP contribution in [0.2, 0.25) is 10.0 Å². The van der Waals surface area contributed by atoms with Gasteiger partial charge in [-0.25, -0.2) is 4.39 Å². The number of aryl methyl sites for hydroxylation is 1. The van der Waals surface area contributed by atoms with Gasteiger partial charge in [0.25, 0.3) is 11.5 Å². The van der Waals surface area contributed by atoms with E-state index in [-0.39, 0.29) is 57.1 Å². The van der Waals surface area contributed by atoms with E-state index in [1.165, 1.54) is 25.3 Å². The van der Waals surface area contributed by atoms with Gasteiger partial charge in [-0.1, -0.05) is 52.6 Å². The molecule has 188 valence electrons. The predicted octanol–water partition coefficient (Wildman–Crippen LogP) is 5.31. The van der Waals surface area contributed by atoms with E-state index in [1.54, 1.807) is 13.0 Å². The second-order valence-corrected chi connectivity index (χ2v) is 8.34. The number of carbonyl (C=O) groups excluding carboxylic acids is 2. The van der Waals surface area contributed by atoms with Gasteiger partial charge in [-0.3, -0.25) is 14.4 Å². The Hall–Kier alpha value is -3.69. The first-order valence-corrected chi connectivity index (χ1v) is 11.5. The van der Waals surface area contributed by atoms with Crippen molar-refractivity contribution in [3.8, 4) is 11.3 Å². The Kier molecular flexibility index (Phi) is 9.21. The summed E-state index contributed by atoms with van der Waals surface area (Å²) in [6, 6.07) is 13.4. The van der Waals surface area contributed by atoms with E-state index in [1.807, 2.05) is 24.3 Å². The number of esters is 1. The Balaban J connectivity index is 0.000000249. The van der Waals surface area contributed by atoms with Gasteiger partial charge in [0.05, 0.1) is 17.7 Å². The van der Waals surface area contributed by atoms with Crippen molar-refractivity contribution in [2.45, 2.75) is 19.8 Å². The number of H-pyrrole nitrogens is 1. The fourth-order valence-electron chi connectivity index (χ4n) is 3.28. The fourth-order valence-corrected chi connectivity index (χ4v) is 3.70. The van der Waals surface area contributed by atoms with Crippen LogP contribution < -0.4 is 10.9 Å². The Labute approximate surface area is 215 Å². The summed E-state index contributed by atoms with van der Waals surface area (Å²) in [7, 11) is 1.30. The van der Waals surface area contributed by atoms with E-state index >= 15 is 0 Å². The molecule has 2 aromatic heterocycles. The zero-order valence-electron chi connectivity index (χ0n) is 19.4. The minimum absolute atomic E-state index is 0.00993. The van der Waals surface area contributed by atoms with Crippen molar-refractivity contribution in [3.05, 3.63) is 86.1 Å². The second kappa shape index (κ2) is 12.3. The molecule has 0 aliphatic heterocycles. The summed E-state index contributed by atoms with van der Waals surface area (Å²) < 4.78 is 23.6. The van der Waals surface area contributed by atoms with Crippen molar-refractivity contribution < 1.29 is 23.2 Å². The number of rotatable bonds is 6. The molecule has 11 heteroatoms. The molecule has 1 amide bonds. The van der Waals surface area contributed by atoms with Crippen LogP contribution in [0.4, 0.5) is 4.39 Å². The van der Waals surface area contributed by atoms with Gasteiger partial charge in [0, 0.05) is 18.5 Å². The number of nitrogens with zero attached hydrogens (tertiary/aromatic N) is 1. The third-order valence-electron chi connectivity index (χ3n) is 5.07. The molecule has 0 radical (unpaired) electrons. The van der Waals surface area contributed by atoms with Crippen LogP contribution in [0, 0.1) is 12.7 Å². The number of aromatic nitrogens is 2. The second-order valence-electron chi connectivity index (χ2n) is 7.53. The molecule has 8 nitrogen and oxygen atoms in total. The molecule has 4 rings (SSSR count). The Morgan fingerprint density at radius 2 is 1.89 bits per heavy atom. The molecule has 0 aliphatic carbocycles. The Morgan fingerprint density at radius 1 is 1.14 bits per heavy atom. The minimum Gasteiger partial charge on any atom is -0.469 e.